The van der Waals surface area contributed by atoms with Crippen LogP contribution in [0.5, 0.6) is 11.5 Å². The first-order valence-corrected chi connectivity index (χ1v) is 7.18. The predicted octanol–water partition coefficient (Wildman–Crippen LogP) is 3.70. The van der Waals surface area contributed by atoms with Gasteiger partial charge in [0, 0.05) is 17.2 Å². The summed E-state index contributed by atoms with van der Waals surface area (Å²) in [6.45, 7) is -0.476. The Morgan fingerprint density at radius 3 is 2.50 bits per heavy atom. The number of nitrogens with zero attached hydrogens (tertiary/aromatic N) is 1. The fourth-order valence-electron chi connectivity index (χ4n) is 1.72. The van der Waals surface area contributed by atoms with Crippen LogP contribution < -0.4 is 9.47 Å². The number of esters is 1. The normalized spacial score (nSPS) is 10.1. The highest BCUT2D eigenvalue weighted by Gasteiger charge is 2.15. The number of nitro groups is 1. The molecule has 0 N–H and O–H groups in total. The SMILES string of the molecule is O=Cc1cc([N+](=O)[O-])ccc1OC(=O)COc1ccc(Cl)cc1Cl. The van der Waals surface area contributed by atoms with Crippen molar-refractivity contribution in [2.75, 3.05) is 6.61 Å². The number of carbonyl (C=O) groups is 2. The van der Waals surface area contributed by atoms with E-state index in [0.29, 0.717) is 11.3 Å². The zero-order chi connectivity index (χ0) is 17.7. The third-order valence-electron chi connectivity index (χ3n) is 2.79. The molecule has 124 valence electrons. The average molecular weight is 370 g/mol. The highest BCUT2D eigenvalue weighted by atomic mass is 35.5. The summed E-state index contributed by atoms with van der Waals surface area (Å²) < 4.78 is 10.2. The zero-order valence-corrected chi connectivity index (χ0v) is 13.4. The number of hydrogen-bond acceptors (Lipinski definition) is 6. The number of ether oxygens (including phenoxy) is 2. The van der Waals surface area contributed by atoms with Crippen molar-refractivity contribution in [1.82, 2.24) is 0 Å². The Bertz CT molecular complexity index is 809. The molecule has 9 heteroatoms. The largest absolute Gasteiger partial charge is 0.480 e. The Morgan fingerprint density at radius 2 is 1.88 bits per heavy atom. The van der Waals surface area contributed by atoms with Gasteiger partial charge in [0.05, 0.1) is 15.5 Å². The van der Waals surface area contributed by atoms with Gasteiger partial charge in [0.15, 0.2) is 12.9 Å². The van der Waals surface area contributed by atoms with Crippen LogP contribution in [-0.4, -0.2) is 23.8 Å². The van der Waals surface area contributed by atoms with Gasteiger partial charge in [0.25, 0.3) is 5.69 Å². The summed E-state index contributed by atoms with van der Waals surface area (Å²) in [5.41, 5.74) is -0.414. The second kappa shape index (κ2) is 7.76. The van der Waals surface area contributed by atoms with E-state index in [-0.39, 0.29) is 27.8 Å². The maximum absolute atomic E-state index is 11.8. The van der Waals surface area contributed by atoms with Crippen LogP contribution in [0, 0.1) is 10.1 Å². The van der Waals surface area contributed by atoms with Gasteiger partial charge in [-0.05, 0) is 24.3 Å². The van der Waals surface area contributed by atoms with E-state index in [1.54, 1.807) is 0 Å². The van der Waals surface area contributed by atoms with Crippen molar-refractivity contribution in [2.24, 2.45) is 0 Å². The van der Waals surface area contributed by atoms with Gasteiger partial charge in [0.1, 0.15) is 11.5 Å². The van der Waals surface area contributed by atoms with E-state index in [0.717, 1.165) is 18.2 Å². The highest BCUT2D eigenvalue weighted by molar-refractivity contribution is 6.35. The van der Waals surface area contributed by atoms with Gasteiger partial charge in [-0.2, -0.15) is 0 Å². The minimum atomic E-state index is -0.807. The van der Waals surface area contributed by atoms with Crippen molar-refractivity contribution >= 4 is 41.1 Å². The van der Waals surface area contributed by atoms with Crippen LogP contribution >= 0.6 is 23.2 Å². The molecule has 0 spiro atoms. The molecule has 0 amide bonds. The molecule has 0 heterocycles. The molecule has 7 nitrogen and oxygen atoms in total. The summed E-state index contributed by atoms with van der Waals surface area (Å²) in [5, 5.41) is 11.3. The molecule has 0 aliphatic rings. The number of aldehydes is 1. The summed E-state index contributed by atoms with van der Waals surface area (Å²) >= 11 is 11.6. The number of nitro benzene ring substituents is 1. The molecule has 0 aliphatic carbocycles. The van der Waals surface area contributed by atoms with E-state index < -0.39 is 17.5 Å². The van der Waals surface area contributed by atoms with Gasteiger partial charge in [-0.15, -0.1) is 0 Å². The van der Waals surface area contributed by atoms with Crippen molar-refractivity contribution in [3.05, 3.63) is 62.1 Å². The van der Waals surface area contributed by atoms with Crippen LogP contribution in [0.15, 0.2) is 36.4 Å². The Morgan fingerprint density at radius 1 is 1.17 bits per heavy atom. The Balaban J connectivity index is 2.04. The van der Waals surface area contributed by atoms with Crippen LogP contribution in [0.4, 0.5) is 5.69 Å². The lowest BCUT2D eigenvalue weighted by Gasteiger charge is -2.09. The minimum absolute atomic E-state index is 0.105. The molecule has 0 saturated carbocycles. The smallest absolute Gasteiger partial charge is 0.349 e. The Labute approximate surface area is 145 Å². The van der Waals surface area contributed by atoms with Crippen LogP contribution in [0.1, 0.15) is 10.4 Å². The molecule has 0 aliphatic heterocycles. The Hall–Kier alpha value is -2.64. The number of non-ortho nitro benzene ring substituents is 1. The molecule has 0 fully saturated rings. The molecule has 0 aromatic heterocycles. The fourth-order valence-corrected chi connectivity index (χ4v) is 2.18. The molecular weight excluding hydrogens is 361 g/mol. The molecule has 0 saturated heterocycles. The molecule has 2 aromatic carbocycles. The monoisotopic (exact) mass is 369 g/mol. The van der Waals surface area contributed by atoms with Crippen molar-refractivity contribution in [3.8, 4) is 11.5 Å². The third kappa shape index (κ3) is 4.43. The minimum Gasteiger partial charge on any atom is -0.480 e. The van der Waals surface area contributed by atoms with Crippen LogP contribution in [0.3, 0.4) is 0 Å². The number of rotatable bonds is 6. The summed E-state index contributed by atoms with van der Waals surface area (Å²) in [6.07, 6.45) is 0.354. The lowest BCUT2D eigenvalue weighted by atomic mass is 10.2. The molecule has 2 rings (SSSR count). The number of hydrogen-bond donors (Lipinski definition) is 0. The topological polar surface area (TPSA) is 95.7 Å². The first-order chi connectivity index (χ1) is 11.4. The first kappa shape index (κ1) is 17.7. The number of carbonyl (C=O) groups excluding carboxylic acids is 2. The van der Waals surface area contributed by atoms with Crippen LogP contribution in [0.25, 0.3) is 0 Å². The number of halogens is 2. The zero-order valence-electron chi connectivity index (χ0n) is 11.9. The molecule has 0 bridgehead atoms. The molecule has 0 atom stereocenters. The van der Waals surface area contributed by atoms with Gasteiger partial charge in [-0.3, -0.25) is 14.9 Å². The maximum atomic E-state index is 11.8. The van der Waals surface area contributed by atoms with Gasteiger partial charge >= 0.3 is 5.97 Å². The van der Waals surface area contributed by atoms with E-state index in [1.807, 2.05) is 0 Å². The molecular formula is C15H9Cl2NO6. The standard InChI is InChI=1S/C15H9Cl2NO6/c16-10-1-3-14(12(17)6-10)23-8-15(20)24-13-4-2-11(18(21)22)5-9(13)7-19/h1-7H,8H2. The second-order valence-corrected chi connectivity index (χ2v) is 5.28. The second-order valence-electron chi connectivity index (χ2n) is 4.43. The number of benzene rings is 2. The lowest BCUT2D eigenvalue weighted by molar-refractivity contribution is -0.384. The molecule has 24 heavy (non-hydrogen) atoms. The predicted molar refractivity (Wildman–Crippen MR) is 86.1 cm³/mol. The van der Waals surface area contributed by atoms with E-state index in [9.17, 15) is 19.7 Å². The maximum Gasteiger partial charge on any atom is 0.349 e. The van der Waals surface area contributed by atoms with Gasteiger partial charge in [-0.25, -0.2) is 4.79 Å². The highest BCUT2D eigenvalue weighted by Crippen LogP contribution is 2.27. The van der Waals surface area contributed by atoms with E-state index in [4.69, 9.17) is 32.7 Å². The first-order valence-electron chi connectivity index (χ1n) is 6.43. The summed E-state index contributed by atoms with van der Waals surface area (Å²) in [6, 6.07) is 7.76. The van der Waals surface area contributed by atoms with Gasteiger partial charge in [0.2, 0.25) is 0 Å². The third-order valence-corrected chi connectivity index (χ3v) is 3.32. The fraction of sp³-hybridized carbons (Fsp3) is 0.0667. The van der Waals surface area contributed by atoms with Crippen molar-refractivity contribution in [2.45, 2.75) is 0 Å². The molecule has 0 unspecified atom stereocenters. The molecule has 2 aromatic rings. The van der Waals surface area contributed by atoms with Crippen molar-refractivity contribution < 1.29 is 24.0 Å². The quantitative estimate of drug-likeness (QED) is 0.253. The van der Waals surface area contributed by atoms with Gasteiger partial charge in [-0.1, -0.05) is 23.2 Å². The lowest BCUT2D eigenvalue weighted by Crippen LogP contribution is -2.18. The van der Waals surface area contributed by atoms with E-state index in [1.165, 1.54) is 18.2 Å². The average Bonchev–Trinajstić information content (AvgIpc) is 2.54. The van der Waals surface area contributed by atoms with Gasteiger partial charge < -0.3 is 9.47 Å². The van der Waals surface area contributed by atoms with Crippen LogP contribution in [-0.2, 0) is 4.79 Å². The summed E-state index contributed by atoms with van der Waals surface area (Å²) in [5.74, 6) is -0.679. The van der Waals surface area contributed by atoms with Crippen molar-refractivity contribution in [1.29, 1.82) is 0 Å². The van der Waals surface area contributed by atoms with E-state index in [2.05, 4.69) is 0 Å². The Kier molecular flexibility index (Phi) is 5.73. The van der Waals surface area contributed by atoms with E-state index >= 15 is 0 Å². The summed E-state index contributed by atoms with van der Waals surface area (Å²) in [4.78, 5) is 32.7. The molecule has 0 radical (unpaired) electrons. The van der Waals surface area contributed by atoms with Crippen LogP contribution in [0.2, 0.25) is 10.0 Å². The van der Waals surface area contributed by atoms with Crippen molar-refractivity contribution in [3.63, 3.8) is 0 Å². The summed E-state index contributed by atoms with van der Waals surface area (Å²) in [7, 11) is 0.